The maximum absolute atomic E-state index is 9.65. The molecule has 0 radical (unpaired) electrons. The Kier molecular flexibility index (Phi) is 12.3. The zero-order valence-corrected chi connectivity index (χ0v) is 27.9. The van der Waals surface area contributed by atoms with Gasteiger partial charge in [-0.05, 0) is 31.9 Å². The molecular formula is C37H47INO2-. The van der Waals surface area contributed by atoms with E-state index in [4.69, 9.17) is 4.74 Å². The van der Waals surface area contributed by atoms with Crippen LogP contribution in [0.15, 0.2) is 95.4 Å². The van der Waals surface area contributed by atoms with Crippen molar-refractivity contribution in [3.05, 3.63) is 127 Å². The van der Waals surface area contributed by atoms with Crippen LogP contribution in [0.5, 0.6) is 0 Å². The third-order valence-corrected chi connectivity index (χ3v) is 11.1. The number of hydrogen-bond donors (Lipinski definition) is 1. The van der Waals surface area contributed by atoms with Gasteiger partial charge in [-0.15, -0.1) is 0 Å². The minimum absolute atomic E-state index is 0.131. The molecule has 1 atom stereocenters. The predicted octanol–water partition coefficient (Wildman–Crippen LogP) is 6.36. The van der Waals surface area contributed by atoms with Crippen LogP contribution in [0.3, 0.4) is 0 Å². The molecule has 3 nitrogen and oxygen atoms in total. The Morgan fingerprint density at radius 1 is 1.07 bits per heavy atom. The van der Waals surface area contributed by atoms with Crippen molar-refractivity contribution in [3.8, 4) is 0 Å². The number of piperidine rings is 1. The number of allylic oxidation sites excluding steroid dienone is 6. The number of aryl methyl sites for hydroxylation is 2. The Balaban J connectivity index is 1.47. The molecule has 1 unspecified atom stereocenters. The zero-order valence-electron chi connectivity index (χ0n) is 25.8. The molecule has 0 spiro atoms. The first-order chi connectivity index (χ1) is 19.5. The second-order valence-electron chi connectivity index (χ2n) is 11.3. The van der Waals surface area contributed by atoms with Crippen LogP contribution in [-0.4, -0.2) is 29.1 Å². The first-order valence-electron chi connectivity index (χ1n) is 14.4. The molecule has 0 bridgehead atoms. The fourth-order valence-electron chi connectivity index (χ4n) is 5.02. The van der Waals surface area contributed by atoms with Gasteiger partial charge < -0.3 is 4.74 Å². The summed E-state index contributed by atoms with van der Waals surface area (Å²) in [4.78, 5) is 2.61. The molecule has 2 aromatic rings. The SMILES string of the molecule is C=C(O)c1ccc([I-]/C=C(/C)C(C)N2CCC(C(=C)/C=C\C=C(/C)OCc3ccc(C)cc3C(=C)C)CC2)c(C)c1. The molecule has 3 rings (SSSR count). The molecule has 1 fully saturated rings. The van der Waals surface area contributed by atoms with Crippen LogP contribution in [-0.2, 0) is 11.3 Å². The molecule has 1 heterocycles. The standard InChI is InChI=1S/C37H47INO2/c1-25(2)36-21-26(3)13-14-35(36)24-41-30(7)12-10-11-27(4)33-17-19-39(20-18-33)31(8)29(6)23-38-37-16-15-34(32(9)40)22-28(37)5/h10-16,21-23,31,33,40H,1,4,9,17-20,24H2,2-3,5-8H3/q-1/b11-10-,29-23-,30-12+. The summed E-state index contributed by atoms with van der Waals surface area (Å²) in [5.74, 6) is 1.54. The van der Waals surface area contributed by atoms with Crippen molar-refractivity contribution in [2.45, 2.75) is 67.0 Å². The molecule has 4 heteroatoms. The molecule has 1 aliphatic rings. The summed E-state index contributed by atoms with van der Waals surface area (Å²) < 4.78 is 9.89. The number of nitrogens with zero attached hydrogens (tertiary/aromatic N) is 1. The van der Waals surface area contributed by atoms with E-state index in [1.807, 2.05) is 32.1 Å². The number of aliphatic hydroxyl groups excluding tert-OH is 1. The van der Waals surface area contributed by atoms with Crippen molar-refractivity contribution in [1.29, 1.82) is 0 Å². The summed E-state index contributed by atoms with van der Waals surface area (Å²) in [7, 11) is 0. The Labute approximate surface area is 259 Å². The fourth-order valence-corrected chi connectivity index (χ4v) is 7.41. The number of rotatable bonds is 12. The van der Waals surface area contributed by atoms with E-state index in [-0.39, 0.29) is 27.0 Å². The summed E-state index contributed by atoms with van der Waals surface area (Å²) in [5, 5.41) is 9.65. The fraction of sp³-hybridized carbons (Fsp3) is 0.351. The Hall–Kier alpha value is -2.83. The van der Waals surface area contributed by atoms with Crippen LogP contribution in [0.4, 0.5) is 0 Å². The third-order valence-electron chi connectivity index (χ3n) is 7.92. The molecule has 220 valence electrons. The van der Waals surface area contributed by atoms with Gasteiger partial charge in [0.2, 0.25) is 0 Å². The van der Waals surface area contributed by atoms with Gasteiger partial charge in [0.15, 0.2) is 0 Å². The first kappa shape index (κ1) is 32.7. The predicted molar refractivity (Wildman–Crippen MR) is 172 cm³/mol. The molecule has 1 saturated heterocycles. The number of ether oxygens (including phenoxy) is 1. The molecule has 41 heavy (non-hydrogen) atoms. The van der Waals surface area contributed by atoms with Crippen LogP contribution in [0.25, 0.3) is 11.3 Å². The summed E-state index contributed by atoms with van der Waals surface area (Å²) in [6.07, 6.45) is 8.53. The van der Waals surface area contributed by atoms with E-state index in [9.17, 15) is 5.11 Å². The van der Waals surface area contributed by atoms with Crippen LogP contribution in [0, 0.1) is 23.3 Å². The number of benzene rings is 2. The number of hydrogen-bond acceptors (Lipinski definition) is 3. The molecule has 1 N–H and O–H groups in total. The molecule has 0 aliphatic carbocycles. The van der Waals surface area contributed by atoms with Crippen molar-refractivity contribution in [3.63, 3.8) is 0 Å². The van der Waals surface area contributed by atoms with Gasteiger partial charge >= 0.3 is 181 Å². The van der Waals surface area contributed by atoms with Gasteiger partial charge in [-0.2, -0.15) is 0 Å². The average Bonchev–Trinajstić information content (AvgIpc) is 2.95. The van der Waals surface area contributed by atoms with Gasteiger partial charge in [0.05, 0.1) is 0 Å². The molecule has 0 amide bonds. The number of halogens is 1. The summed E-state index contributed by atoms with van der Waals surface area (Å²) >= 11 is -0.222. The van der Waals surface area contributed by atoms with Gasteiger partial charge in [0.25, 0.3) is 0 Å². The maximum atomic E-state index is 9.65. The van der Waals surface area contributed by atoms with E-state index in [0.29, 0.717) is 18.6 Å². The van der Waals surface area contributed by atoms with Gasteiger partial charge in [-0.1, -0.05) is 35.9 Å². The van der Waals surface area contributed by atoms with Crippen molar-refractivity contribution in [1.82, 2.24) is 4.90 Å². The Bertz CT molecular complexity index is 1350. The van der Waals surface area contributed by atoms with Gasteiger partial charge in [-0.25, -0.2) is 0 Å². The van der Waals surface area contributed by atoms with E-state index in [0.717, 1.165) is 48.4 Å². The Morgan fingerprint density at radius 2 is 1.78 bits per heavy atom. The minimum atomic E-state index is -0.222. The summed E-state index contributed by atoms with van der Waals surface area (Å²) in [6.45, 7) is 27.7. The second-order valence-corrected chi connectivity index (χ2v) is 13.7. The summed E-state index contributed by atoms with van der Waals surface area (Å²) in [5.41, 5.74) is 9.32. The molecular weight excluding hydrogens is 617 g/mol. The number of aliphatic hydroxyl groups is 1. The zero-order chi connectivity index (χ0) is 30.1. The van der Waals surface area contributed by atoms with Gasteiger partial charge in [0.1, 0.15) is 6.61 Å². The van der Waals surface area contributed by atoms with E-state index in [1.165, 1.54) is 31.4 Å². The normalized spacial score (nSPS) is 16.2. The van der Waals surface area contributed by atoms with E-state index < -0.39 is 0 Å². The first-order valence-corrected chi connectivity index (χ1v) is 16.7. The average molecular weight is 665 g/mol. The van der Waals surface area contributed by atoms with E-state index >= 15 is 0 Å². The second kappa shape index (κ2) is 15.4. The van der Waals surface area contributed by atoms with Gasteiger partial charge in [-0.3, -0.25) is 0 Å². The van der Waals surface area contributed by atoms with Crippen LogP contribution in [0.2, 0.25) is 0 Å². The molecule has 0 aromatic heterocycles. The number of likely N-dealkylation sites (tertiary alicyclic amines) is 1. The monoisotopic (exact) mass is 664 g/mol. The Morgan fingerprint density at radius 3 is 2.41 bits per heavy atom. The van der Waals surface area contributed by atoms with Gasteiger partial charge in [0, 0.05) is 0 Å². The topological polar surface area (TPSA) is 32.7 Å². The third kappa shape index (κ3) is 9.61. The quantitative estimate of drug-likeness (QED) is 0.163. The van der Waals surface area contributed by atoms with Crippen molar-refractivity contribution < 1.29 is 31.0 Å². The van der Waals surface area contributed by atoms with Crippen molar-refractivity contribution in [2.24, 2.45) is 5.92 Å². The molecule has 0 saturated carbocycles. The molecule has 1 aliphatic heterocycles. The molecule has 2 aromatic carbocycles. The van der Waals surface area contributed by atoms with E-state index in [2.05, 4.69) is 92.8 Å². The van der Waals surface area contributed by atoms with Crippen molar-refractivity contribution >= 4 is 11.3 Å². The van der Waals surface area contributed by atoms with Crippen molar-refractivity contribution in [2.75, 3.05) is 13.1 Å². The van der Waals surface area contributed by atoms with Crippen LogP contribution >= 0.6 is 0 Å². The van der Waals surface area contributed by atoms with Crippen LogP contribution < -0.4 is 21.2 Å². The van der Waals surface area contributed by atoms with E-state index in [1.54, 1.807) is 0 Å². The van der Waals surface area contributed by atoms with Crippen LogP contribution in [0.1, 0.15) is 68.4 Å². The summed E-state index contributed by atoms with van der Waals surface area (Å²) in [6, 6.07) is 13.0.